The summed E-state index contributed by atoms with van der Waals surface area (Å²) in [6, 6.07) is 6.47. The minimum atomic E-state index is 0. The summed E-state index contributed by atoms with van der Waals surface area (Å²) in [5.41, 5.74) is 7.87. The van der Waals surface area contributed by atoms with Crippen molar-refractivity contribution in [3.05, 3.63) is 40.7 Å². The van der Waals surface area contributed by atoms with Crippen LogP contribution in [0.2, 0.25) is 0 Å². The molecular weight excluding hydrogens is 440 g/mol. The van der Waals surface area contributed by atoms with Crippen molar-refractivity contribution in [1.82, 2.24) is 14.6 Å². The van der Waals surface area contributed by atoms with Crippen LogP contribution in [0, 0.1) is 13.8 Å². The Kier molecular flexibility index (Phi) is 6.84. The first-order valence-electron chi connectivity index (χ1n) is 11.4. The number of aryl methyl sites for hydroxylation is 3. The molecule has 3 aromatic rings. The van der Waals surface area contributed by atoms with E-state index in [0.29, 0.717) is 6.61 Å². The highest BCUT2D eigenvalue weighted by Gasteiger charge is 2.37. The second-order valence-electron chi connectivity index (χ2n) is 8.95. The summed E-state index contributed by atoms with van der Waals surface area (Å²) in [5, 5.41) is 5.04. The third-order valence-corrected chi connectivity index (χ3v) is 6.98. The van der Waals surface area contributed by atoms with Gasteiger partial charge in [0, 0.05) is 37.6 Å². The van der Waals surface area contributed by atoms with Crippen LogP contribution in [0.15, 0.2) is 18.2 Å². The largest absolute Gasteiger partial charge is 0.497 e. The molecule has 2 atom stereocenters. The normalized spacial score (nSPS) is 19.7. The first-order valence-corrected chi connectivity index (χ1v) is 11.4. The maximum atomic E-state index is 5.75. The maximum Gasteiger partial charge on any atom is 0.165 e. The number of aromatic nitrogens is 3. The van der Waals surface area contributed by atoms with Crippen molar-refractivity contribution < 1.29 is 14.2 Å². The number of anilines is 1. The summed E-state index contributed by atoms with van der Waals surface area (Å²) >= 11 is 0. The van der Waals surface area contributed by atoms with E-state index in [1.54, 1.807) is 21.3 Å². The number of fused-ring (bicyclic) bond motifs is 2. The highest BCUT2D eigenvalue weighted by Crippen LogP contribution is 2.39. The molecule has 0 saturated carbocycles. The first-order chi connectivity index (χ1) is 15.5. The van der Waals surface area contributed by atoms with E-state index in [9.17, 15) is 0 Å². The molecule has 1 aromatic carbocycles. The fourth-order valence-corrected chi connectivity index (χ4v) is 5.42. The molecule has 0 bridgehead atoms. The van der Waals surface area contributed by atoms with E-state index in [1.807, 2.05) is 6.07 Å². The molecule has 0 amide bonds. The number of nitrogens with zero attached hydrogens (tertiary/aromatic N) is 4. The van der Waals surface area contributed by atoms with Crippen molar-refractivity contribution >= 4 is 23.9 Å². The molecule has 0 N–H and O–H groups in total. The molecule has 2 aromatic heterocycles. The van der Waals surface area contributed by atoms with Gasteiger partial charge in [0.25, 0.3) is 0 Å². The standard InChI is InChI=1S/C25H32N4O3.ClH/c1-15-11-18(31-4)9-10-20(15)23-16(2)27-29-24(23)26-22-8-6-7-21(22)25(29)28-13-19(32-5)12-17(28)14-30-3;/h9-11,17,19H,6-8,12-14H2,1-5H3;1H/t17-,19+;/m0./s1. The fraction of sp³-hybridized carbons (Fsp3) is 0.520. The zero-order valence-corrected chi connectivity index (χ0v) is 20.9. The predicted octanol–water partition coefficient (Wildman–Crippen LogP) is 4.17. The van der Waals surface area contributed by atoms with Crippen molar-refractivity contribution in [3.8, 4) is 16.9 Å². The Hall–Kier alpha value is -2.35. The first kappa shape index (κ1) is 23.8. The van der Waals surface area contributed by atoms with E-state index in [-0.39, 0.29) is 24.6 Å². The Morgan fingerprint density at radius 3 is 2.64 bits per heavy atom. The molecule has 2 aliphatic rings. The van der Waals surface area contributed by atoms with Gasteiger partial charge in [0.05, 0.1) is 31.6 Å². The molecule has 5 rings (SSSR count). The van der Waals surface area contributed by atoms with Crippen LogP contribution >= 0.6 is 12.4 Å². The molecule has 0 unspecified atom stereocenters. The molecule has 3 heterocycles. The van der Waals surface area contributed by atoms with Gasteiger partial charge in [-0.3, -0.25) is 0 Å². The van der Waals surface area contributed by atoms with E-state index in [2.05, 4.69) is 35.4 Å². The number of rotatable bonds is 6. The van der Waals surface area contributed by atoms with Crippen molar-refractivity contribution in [2.45, 2.75) is 51.7 Å². The van der Waals surface area contributed by atoms with Gasteiger partial charge < -0.3 is 19.1 Å². The Bertz CT molecular complexity index is 1160. The molecule has 0 spiro atoms. The average molecular weight is 473 g/mol. The van der Waals surface area contributed by atoms with Crippen LogP contribution < -0.4 is 9.64 Å². The van der Waals surface area contributed by atoms with Crippen LogP contribution in [0.3, 0.4) is 0 Å². The number of methoxy groups -OCH3 is 3. The molecule has 1 aliphatic carbocycles. The second-order valence-corrected chi connectivity index (χ2v) is 8.95. The van der Waals surface area contributed by atoms with Gasteiger partial charge in [-0.1, -0.05) is 6.07 Å². The predicted molar refractivity (Wildman–Crippen MR) is 132 cm³/mol. The quantitative estimate of drug-likeness (QED) is 0.536. The molecule has 1 aliphatic heterocycles. The number of benzene rings is 1. The van der Waals surface area contributed by atoms with Gasteiger partial charge in [-0.05, 0) is 62.8 Å². The lowest BCUT2D eigenvalue weighted by Gasteiger charge is -2.28. The van der Waals surface area contributed by atoms with E-state index in [1.165, 1.54) is 17.1 Å². The summed E-state index contributed by atoms with van der Waals surface area (Å²) in [7, 11) is 5.27. The van der Waals surface area contributed by atoms with Crippen LogP contribution in [0.4, 0.5) is 5.82 Å². The van der Waals surface area contributed by atoms with Crippen molar-refractivity contribution in [2.75, 3.05) is 39.4 Å². The van der Waals surface area contributed by atoms with E-state index < -0.39 is 0 Å². The highest BCUT2D eigenvalue weighted by molar-refractivity contribution is 5.85. The van der Waals surface area contributed by atoms with Crippen LogP contribution in [-0.2, 0) is 22.3 Å². The Morgan fingerprint density at radius 2 is 1.94 bits per heavy atom. The Balaban J connectivity index is 0.00000259. The highest BCUT2D eigenvalue weighted by atomic mass is 35.5. The smallest absolute Gasteiger partial charge is 0.165 e. The second kappa shape index (κ2) is 9.49. The third-order valence-electron chi connectivity index (χ3n) is 6.98. The van der Waals surface area contributed by atoms with E-state index in [4.69, 9.17) is 24.3 Å². The van der Waals surface area contributed by atoms with Gasteiger partial charge in [-0.15, -0.1) is 12.4 Å². The van der Waals surface area contributed by atoms with Crippen LogP contribution in [0.1, 0.15) is 35.4 Å². The lowest BCUT2D eigenvalue weighted by molar-refractivity contribution is 0.111. The van der Waals surface area contributed by atoms with Crippen molar-refractivity contribution in [2.24, 2.45) is 0 Å². The van der Waals surface area contributed by atoms with Gasteiger partial charge in [0.15, 0.2) is 5.65 Å². The van der Waals surface area contributed by atoms with Crippen molar-refractivity contribution in [1.29, 1.82) is 0 Å². The molecule has 33 heavy (non-hydrogen) atoms. The monoisotopic (exact) mass is 472 g/mol. The summed E-state index contributed by atoms with van der Waals surface area (Å²) in [4.78, 5) is 7.61. The molecular formula is C25H33ClN4O3. The van der Waals surface area contributed by atoms with Gasteiger partial charge in [-0.25, -0.2) is 4.98 Å². The van der Waals surface area contributed by atoms with Crippen LogP contribution in [0.25, 0.3) is 16.8 Å². The Labute approximate surface area is 201 Å². The molecule has 178 valence electrons. The Morgan fingerprint density at radius 1 is 1.12 bits per heavy atom. The minimum absolute atomic E-state index is 0. The lowest BCUT2D eigenvalue weighted by Crippen LogP contribution is -2.35. The molecule has 8 heteroatoms. The SMILES string of the molecule is COC[C@@H]1C[C@@H](OC)CN1c1c2c(nc3c(-c4ccc(OC)cc4C)c(C)nn13)CCC2.Cl. The van der Waals surface area contributed by atoms with Crippen molar-refractivity contribution in [3.63, 3.8) is 0 Å². The maximum absolute atomic E-state index is 5.75. The zero-order chi connectivity index (χ0) is 22.4. The van der Waals surface area contributed by atoms with Crippen LogP contribution in [0.5, 0.6) is 5.75 Å². The minimum Gasteiger partial charge on any atom is -0.497 e. The number of ether oxygens (including phenoxy) is 3. The van der Waals surface area contributed by atoms with Gasteiger partial charge in [-0.2, -0.15) is 9.61 Å². The summed E-state index contributed by atoms with van der Waals surface area (Å²) in [5.74, 6) is 2.03. The van der Waals surface area contributed by atoms with E-state index in [0.717, 1.165) is 66.0 Å². The number of hydrogen-bond acceptors (Lipinski definition) is 6. The topological polar surface area (TPSA) is 61.1 Å². The van der Waals surface area contributed by atoms with Gasteiger partial charge in [0.1, 0.15) is 11.6 Å². The number of hydrogen-bond donors (Lipinski definition) is 0. The lowest BCUT2D eigenvalue weighted by atomic mass is 10.0. The average Bonchev–Trinajstić information content (AvgIpc) is 3.49. The van der Waals surface area contributed by atoms with E-state index >= 15 is 0 Å². The summed E-state index contributed by atoms with van der Waals surface area (Å²) in [6.45, 7) is 5.71. The number of halogens is 1. The van der Waals surface area contributed by atoms with Gasteiger partial charge in [0.2, 0.25) is 0 Å². The summed E-state index contributed by atoms with van der Waals surface area (Å²) < 4.78 is 18.8. The molecule has 7 nitrogen and oxygen atoms in total. The van der Waals surface area contributed by atoms with Crippen LogP contribution in [-0.4, -0.2) is 61.2 Å². The fourth-order valence-electron chi connectivity index (χ4n) is 5.42. The molecule has 0 radical (unpaired) electrons. The third kappa shape index (κ3) is 3.96. The molecule has 1 saturated heterocycles. The molecule has 1 fully saturated rings. The van der Waals surface area contributed by atoms with Gasteiger partial charge >= 0.3 is 0 Å². The summed E-state index contributed by atoms with van der Waals surface area (Å²) in [6.07, 6.45) is 4.33. The zero-order valence-electron chi connectivity index (χ0n) is 20.1.